The van der Waals surface area contributed by atoms with Gasteiger partial charge in [0, 0.05) is 16.5 Å². The Labute approximate surface area is 152 Å². The van der Waals surface area contributed by atoms with Crippen molar-refractivity contribution in [1.29, 1.82) is 0 Å². The van der Waals surface area contributed by atoms with Crippen LogP contribution in [-0.2, 0) is 6.42 Å². The van der Waals surface area contributed by atoms with Crippen LogP contribution in [-0.4, -0.2) is 29.7 Å². The zero-order valence-corrected chi connectivity index (χ0v) is 15.1. The lowest BCUT2D eigenvalue weighted by molar-refractivity contribution is 0.0697. The molecular formula is C21H24N2O3. The fourth-order valence-corrected chi connectivity index (χ4v) is 3.44. The van der Waals surface area contributed by atoms with Crippen molar-refractivity contribution in [3.05, 3.63) is 53.1 Å². The van der Waals surface area contributed by atoms with E-state index >= 15 is 0 Å². The maximum atomic E-state index is 11.4. The lowest BCUT2D eigenvalue weighted by Gasteiger charge is -2.12. The van der Waals surface area contributed by atoms with Gasteiger partial charge in [0.1, 0.15) is 5.75 Å². The number of aromatic carboxylic acids is 1. The molecule has 26 heavy (non-hydrogen) atoms. The van der Waals surface area contributed by atoms with Gasteiger partial charge in [0.15, 0.2) is 0 Å². The number of ether oxygens (including phenoxy) is 1. The zero-order chi connectivity index (χ0) is 18.7. The van der Waals surface area contributed by atoms with Gasteiger partial charge in [-0.2, -0.15) is 0 Å². The number of benzene rings is 2. The minimum Gasteiger partial charge on any atom is -0.496 e. The van der Waals surface area contributed by atoms with Gasteiger partial charge in [-0.25, -0.2) is 4.79 Å². The Hall–Kier alpha value is -2.79. The molecule has 0 unspecified atom stereocenters. The summed E-state index contributed by atoms with van der Waals surface area (Å²) in [4.78, 5) is 14.9. The number of aromatic amines is 1. The molecule has 3 rings (SSSR count). The molecule has 1 aromatic heterocycles. The number of fused-ring (bicyclic) bond motifs is 1. The minimum absolute atomic E-state index is 0.291. The molecule has 0 saturated heterocycles. The number of carboxylic acid groups (broad SMARTS) is 1. The largest absolute Gasteiger partial charge is 0.496 e. The van der Waals surface area contributed by atoms with Crippen LogP contribution in [0.25, 0.3) is 22.2 Å². The van der Waals surface area contributed by atoms with Gasteiger partial charge in [-0.1, -0.05) is 12.1 Å². The second-order valence-corrected chi connectivity index (χ2v) is 6.45. The number of para-hydroxylation sites is 1. The van der Waals surface area contributed by atoms with Crippen molar-refractivity contribution in [2.45, 2.75) is 26.2 Å². The topological polar surface area (TPSA) is 88.3 Å². The summed E-state index contributed by atoms with van der Waals surface area (Å²) in [5.41, 5.74) is 11.0. The van der Waals surface area contributed by atoms with Crippen LogP contribution in [0.1, 0.15) is 34.3 Å². The number of hydrogen-bond acceptors (Lipinski definition) is 3. The summed E-state index contributed by atoms with van der Waals surface area (Å²) >= 11 is 0. The first kappa shape index (κ1) is 18.0. The normalized spacial score (nSPS) is 11.0. The zero-order valence-electron chi connectivity index (χ0n) is 15.1. The van der Waals surface area contributed by atoms with Gasteiger partial charge in [-0.15, -0.1) is 0 Å². The van der Waals surface area contributed by atoms with Crippen molar-refractivity contribution in [2.75, 3.05) is 13.7 Å². The molecule has 0 aliphatic carbocycles. The third-order valence-electron chi connectivity index (χ3n) is 4.72. The Morgan fingerprint density at radius 3 is 2.73 bits per heavy atom. The number of H-pyrrole nitrogens is 1. The summed E-state index contributed by atoms with van der Waals surface area (Å²) < 4.78 is 5.64. The molecule has 0 fully saturated rings. The van der Waals surface area contributed by atoms with Gasteiger partial charge in [0.2, 0.25) is 0 Å². The van der Waals surface area contributed by atoms with Crippen LogP contribution < -0.4 is 10.5 Å². The minimum atomic E-state index is -0.921. The van der Waals surface area contributed by atoms with Crippen molar-refractivity contribution >= 4 is 16.9 Å². The van der Waals surface area contributed by atoms with E-state index in [1.165, 1.54) is 0 Å². The maximum absolute atomic E-state index is 11.4. The highest BCUT2D eigenvalue weighted by molar-refractivity contribution is 5.98. The third-order valence-corrected chi connectivity index (χ3v) is 4.72. The molecule has 136 valence electrons. The third kappa shape index (κ3) is 3.30. The monoisotopic (exact) mass is 352 g/mol. The van der Waals surface area contributed by atoms with E-state index in [1.807, 2.05) is 31.2 Å². The average Bonchev–Trinajstić information content (AvgIpc) is 2.99. The Morgan fingerprint density at radius 1 is 1.23 bits per heavy atom. The van der Waals surface area contributed by atoms with Gasteiger partial charge >= 0.3 is 5.97 Å². The molecule has 0 saturated carbocycles. The van der Waals surface area contributed by atoms with Crippen LogP contribution >= 0.6 is 0 Å². The van der Waals surface area contributed by atoms with Crippen LogP contribution in [0.15, 0.2) is 36.4 Å². The number of carboxylic acids is 1. The molecule has 0 bridgehead atoms. The highest BCUT2D eigenvalue weighted by atomic mass is 16.5. The highest BCUT2D eigenvalue weighted by Gasteiger charge is 2.18. The van der Waals surface area contributed by atoms with Gasteiger partial charge < -0.3 is 20.6 Å². The van der Waals surface area contributed by atoms with E-state index in [0.717, 1.165) is 58.3 Å². The first-order valence-electron chi connectivity index (χ1n) is 8.78. The smallest absolute Gasteiger partial charge is 0.335 e. The summed E-state index contributed by atoms with van der Waals surface area (Å²) in [6.45, 7) is 2.66. The van der Waals surface area contributed by atoms with Crippen LogP contribution in [0.5, 0.6) is 5.75 Å². The molecule has 3 aromatic rings. The summed E-state index contributed by atoms with van der Waals surface area (Å²) in [5, 5.41) is 10.3. The number of carbonyl (C=O) groups is 1. The predicted octanol–water partition coefficient (Wildman–Crippen LogP) is 4.13. The van der Waals surface area contributed by atoms with Gasteiger partial charge in [-0.3, -0.25) is 0 Å². The SMILES string of the molecule is COc1c(C)cccc1-c1[nH]c2ccc(C(=O)O)cc2c1CCCCN. The molecule has 0 aliphatic rings. The molecule has 0 spiro atoms. The number of unbranched alkanes of at least 4 members (excludes halogenated alkanes) is 1. The van der Waals surface area contributed by atoms with Crippen molar-refractivity contribution < 1.29 is 14.6 Å². The van der Waals surface area contributed by atoms with E-state index in [1.54, 1.807) is 19.2 Å². The first-order chi connectivity index (χ1) is 12.6. The van der Waals surface area contributed by atoms with Crippen LogP contribution in [0.3, 0.4) is 0 Å². The Kier molecular flexibility index (Phi) is 5.28. The molecule has 5 nitrogen and oxygen atoms in total. The number of rotatable bonds is 7. The molecular weight excluding hydrogens is 328 g/mol. The number of nitrogens with two attached hydrogens (primary N) is 1. The van der Waals surface area contributed by atoms with Gasteiger partial charge in [0.25, 0.3) is 0 Å². The number of aromatic nitrogens is 1. The maximum Gasteiger partial charge on any atom is 0.335 e. The predicted molar refractivity (Wildman–Crippen MR) is 104 cm³/mol. The number of methoxy groups -OCH3 is 1. The summed E-state index contributed by atoms with van der Waals surface area (Å²) in [6.07, 6.45) is 2.70. The van der Waals surface area contributed by atoms with Crippen molar-refractivity contribution in [3.8, 4) is 17.0 Å². The second-order valence-electron chi connectivity index (χ2n) is 6.45. The number of nitrogens with one attached hydrogen (secondary N) is 1. The van der Waals surface area contributed by atoms with E-state index in [2.05, 4.69) is 4.98 Å². The summed E-state index contributed by atoms with van der Waals surface area (Å²) in [5.74, 6) is -0.0896. The molecule has 0 amide bonds. The molecule has 0 radical (unpaired) electrons. The molecule has 0 aliphatic heterocycles. The molecule has 1 heterocycles. The average molecular weight is 352 g/mol. The molecule has 0 atom stereocenters. The summed E-state index contributed by atoms with van der Waals surface area (Å²) in [7, 11) is 1.67. The quantitative estimate of drug-likeness (QED) is 0.558. The lowest BCUT2D eigenvalue weighted by Crippen LogP contribution is -2.00. The van der Waals surface area contributed by atoms with E-state index in [0.29, 0.717) is 12.1 Å². The molecule has 5 heteroatoms. The Balaban J connectivity index is 2.22. The molecule has 4 N–H and O–H groups in total. The van der Waals surface area contributed by atoms with Crippen LogP contribution in [0.4, 0.5) is 0 Å². The van der Waals surface area contributed by atoms with Crippen molar-refractivity contribution in [3.63, 3.8) is 0 Å². The Bertz CT molecular complexity index is 944. The van der Waals surface area contributed by atoms with Crippen molar-refractivity contribution in [2.24, 2.45) is 5.73 Å². The number of hydrogen-bond donors (Lipinski definition) is 3. The van der Waals surface area contributed by atoms with E-state index < -0.39 is 5.97 Å². The standard InChI is InChI=1S/C21H24N2O3/c1-13-6-5-8-16(20(13)26-2)19-15(7-3-4-11-22)17-12-14(21(24)25)9-10-18(17)23-19/h5-6,8-10,12,23H,3-4,7,11,22H2,1-2H3,(H,24,25). The highest BCUT2D eigenvalue weighted by Crippen LogP contribution is 2.38. The fraction of sp³-hybridized carbons (Fsp3) is 0.286. The first-order valence-corrected chi connectivity index (χ1v) is 8.78. The van der Waals surface area contributed by atoms with Gasteiger partial charge in [0.05, 0.1) is 18.4 Å². The van der Waals surface area contributed by atoms with Crippen LogP contribution in [0.2, 0.25) is 0 Å². The van der Waals surface area contributed by atoms with Crippen LogP contribution in [0, 0.1) is 6.92 Å². The summed E-state index contributed by atoms with van der Waals surface area (Å²) in [6, 6.07) is 11.3. The number of aryl methyl sites for hydroxylation is 2. The molecule has 2 aromatic carbocycles. The Morgan fingerprint density at radius 2 is 2.04 bits per heavy atom. The van der Waals surface area contributed by atoms with Gasteiger partial charge in [-0.05, 0) is 68.1 Å². The van der Waals surface area contributed by atoms with E-state index in [9.17, 15) is 9.90 Å². The van der Waals surface area contributed by atoms with E-state index in [4.69, 9.17) is 10.5 Å². The van der Waals surface area contributed by atoms with Crippen molar-refractivity contribution in [1.82, 2.24) is 4.98 Å². The second kappa shape index (κ2) is 7.62. The fourth-order valence-electron chi connectivity index (χ4n) is 3.44. The lowest BCUT2D eigenvalue weighted by atomic mass is 9.98. The van der Waals surface area contributed by atoms with E-state index in [-0.39, 0.29) is 0 Å².